The summed E-state index contributed by atoms with van der Waals surface area (Å²) in [5, 5.41) is 0.857. The minimum atomic E-state index is 0.211. The molecule has 1 saturated heterocycles. The third-order valence-electron chi connectivity index (χ3n) is 4.26. The number of rotatable bonds is 3. The first-order valence-electron chi connectivity index (χ1n) is 8.17. The zero-order chi connectivity index (χ0) is 16.4. The molecule has 0 bridgehead atoms. The zero-order valence-electron chi connectivity index (χ0n) is 14.0. The van der Waals surface area contributed by atoms with Gasteiger partial charge < -0.3 is 4.90 Å². The van der Waals surface area contributed by atoms with E-state index in [2.05, 4.69) is 23.8 Å². The average Bonchev–Trinajstić information content (AvgIpc) is 2.51. The molecular weight excluding hydrogens is 306 g/mol. The third kappa shape index (κ3) is 3.83. The molecule has 2 atom stereocenters. The Morgan fingerprint density at radius 3 is 2.43 bits per heavy atom. The summed E-state index contributed by atoms with van der Waals surface area (Å²) in [6.45, 7) is 8.17. The number of likely N-dealkylation sites (tertiary alicyclic amines) is 1. The number of carbonyl (C=O) groups is 1. The summed E-state index contributed by atoms with van der Waals surface area (Å²) in [7, 11) is 0. The van der Waals surface area contributed by atoms with E-state index in [9.17, 15) is 4.79 Å². The minimum absolute atomic E-state index is 0.211. The molecule has 0 spiro atoms. The summed E-state index contributed by atoms with van der Waals surface area (Å²) in [5.41, 5.74) is 2.68. The van der Waals surface area contributed by atoms with Crippen LogP contribution >= 0.6 is 11.8 Å². The lowest BCUT2D eigenvalue weighted by atomic mass is 9.92. The van der Waals surface area contributed by atoms with Gasteiger partial charge in [-0.05, 0) is 37.3 Å². The normalized spacial score (nSPS) is 21.6. The van der Waals surface area contributed by atoms with Crippen LogP contribution in [0.4, 0.5) is 0 Å². The lowest BCUT2D eigenvalue weighted by Gasteiger charge is -2.35. The van der Waals surface area contributed by atoms with Crippen LogP contribution < -0.4 is 0 Å². The van der Waals surface area contributed by atoms with Gasteiger partial charge in [-0.25, -0.2) is 9.97 Å². The van der Waals surface area contributed by atoms with Gasteiger partial charge >= 0.3 is 0 Å². The van der Waals surface area contributed by atoms with Crippen molar-refractivity contribution in [2.75, 3.05) is 18.8 Å². The van der Waals surface area contributed by atoms with E-state index in [-0.39, 0.29) is 5.91 Å². The third-order valence-corrected chi connectivity index (χ3v) is 5.31. The number of hydrogen-bond donors (Lipinski definition) is 0. The minimum Gasteiger partial charge on any atom is -0.341 e. The predicted molar refractivity (Wildman–Crippen MR) is 94.5 cm³/mol. The van der Waals surface area contributed by atoms with Gasteiger partial charge in [0.05, 0.1) is 22.5 Å². The summed E-state index contributed by atoms with van der Waals surface area (Å²) >= 11 is 1.50. The Kier molecular flexibility index (Phi) is 4.85. The zero-order valence-corrected chi connectivity index (χ0v) is 14.8. The van der Waals surface area contributed by atoms with Crippen molar-refractivity contribution < 1.29 is 4.79 Å². The second-order valence-corrected chi connectivity index (χ2v) is 7.60. The number of hydrogen-bond acceptors (Lipinski definition) is 4. The van der Waals surface area contributed by atoms with Crippen LogP contribution in [0.15, 0.2) is 29.3 Å². The maximum Gasteiger partial charge on any atom is 0.233 e. The van der Waals surface area contributed by atoms with E-state index in [1.54, 1.807) is 0 Å². The molecule has 1 aliphatic rings. The van der Waals surface area contributed by atoms with Crippen LogP contribution in [0.1, 0.15) is 26.0 Å². The van der Waals surface area contributed by atoms with E-state index in [1.807, 2.05) is 36.1 Å². The molecule has 23 heavy (non-hydrogen) atoms. The fourth-order valence-electron chi connectivity index (χ4n) is 3.30. The van der Waals surface area contributed by atoms with Crippen LogP contribution in [0.25, 0.3) is 11.0 Å². The van der Waals surface area contributed by atoms with Gasteiger partial charge in [-0.15, -0.1) is 0 Å². The standard InChI is InChI=1S/C18H23N3OS/c1-12-8-13(2)10-21(9-12)17(22)11-23-18-14(3)19-15-6-4-5-7-16(15)20-18/h4-7,12-13H,8-11H2,1-3H3. The summed E-state index contributed by atoms with van der Waals surface area (Å²) in [6, 6.07) is 7.85. The van der Waals surface area contributed by atoms with Gasteiger partial charge in [-0.2, -0.15) is 0 Å². The molecule has 3 rings (SSSR count). The van der Waals surface area contributed by atoms with E-state index in [0.29, 0.717) is 17.6 Å². The maximum atomic E-state index is 12.5. The van der Waals surface area contributed by atoms with Crippen LogP contribution in [-0.2, 0) is 4.79 Å². The number of nitrogens with zero attached hydrogens (tertiary/aromatic N) is 3. The highest BCUT2D eigenvalue weighted by atomic mass is 32.2. The van der Waals surface area contributed by atoms with Crippen molar-refractivity contribution in [3.63, 3.8) is 0 Å². The van der Waals surface area contributed by atoms with E-state index in [1.165, 1.54) is 18.2 Å². The molecule has 4 nitrogen and oxygen atoms in total. The summed E-state index contributed by atoms with van der Waals surface area (Å²) < 4.78 is 0. The second kappa shape index (κ2) is 6.87. The fraction of sp³-hybridized carbons (Fsp3) is 0.500. The quantitative estimate of drug-likeness (QED) is 0.808. The number of piperidine rings is 1. The fourth-order valence-corrected chi connectivity index (χ4v) is 4.16. The first-order valence-corrected chi connectivity index (χ1v) is 9.15. The highest BCUT2D eigenvalue weighted by Crippen LogP contribution is 2.25. The van der Waals surface area contributed by atoms with Crippen LogP contribution in [0.5, 0.6) is 0 Å². The summed E-state index contributed by atoms with van der Waals surface area (Å²) in [4.78, 5) is 23.7. The van der Waals surface area contributed by atoms with Crippen molar-refractivity contribution in [2.45, 2.75) is 32.2 Å². The Bertz CT molecular complexity index is 708. The van der Waals surface area contributed by atoms with Crippen molar-refractivity contribution in [3.8, 4) is 0 Å². The lowest BCUT2D eigenvalue weighted by Crippen LogP contribution is -2.43. The summed E-state index contributed by atoms with van der Waals surface area (Å²) in [6.07, 6.45) is 1.21. The van der Waals surface area contributed by atoms with E-state index in [0.717, 1.165) is 34.8 Å². The van der Waals surface area contributed by atoms with Crippen LogP contribution in [0, 0.1) is 18.8 Å². The molecule has 1 amide bonds. The molecule has 0 N–H and O–H groups in total. The molecule has 1 aliphatic heterocycles. The van der Waals surface area contributed by atoms with Gasteiger partial charge in [0.25, 0.3) is 0 Å². The Morgan fingerprint density at radius 2 is 1.78 bits per heavy atom. The molecular formula is C18H23N3OS. The van der Waals surface area contributed by atoms with Gasteiger partial charge in [-0.3, -0.25) is 4.79 Å². The van der Waals surface area contributed by atoms with Crippen molar-refractivity contribution in [3.05, 3.63) is 30.0 Å². The SMILES string of the molecule is Cc1nc2ccccc2nc1SCC(=O)N1CC(C)CC(C)C1. The average molecular weight is 329 g/mol. The molecule has 2 heterocycles. The predicted octanol–water partition coefficient (Wildman–Crippen LogP) is 3.53. The monoisotopic (exact) mass is 329 g/mol. The van der Waals surface area contributed by atoms with Gasteiger partial charge in [0.1, 0.15) is 5.03 Å². The molecule has 0 saturated carbocycles. The Balaban J connectivity index is 1.68. The van der Waals surface area contributed by atoms with Crippen molar-refractivity contribution in [1.29, 1.82) is 0 Å². The molecule has 5 heteroatoms. The van der Waals surface area contributed by atoms with Crippen molar-refractivity contribution in [1.82, 2.24) is 14.9 Å². The molecule has 1 fully saturated rings. The highest BCUT2D eigenvalue weighted by molar-refractivity contribution is 7.99. The molecule has 2 aromatic rings. The number of aryl methyl sites for hydroxylation is 1. The molecule has 0 aliphatic carbocycles. The van der Waals surface area contributed by atoms with Gasteiger partial charge in [0, 0.05) is 13.1 Å². The number of para-hydroxylation sites is 2. The molecule has 1 aromatic carbocycles. The first kappa shape index (κ1) is 16.2. The molecule has 122 valence electrons. The molecule has 2 unspecified atom stereocenters. The summed E-state index contributed by atoms with van der Waals surface area (Å²) in [5.74, 6) is 1.83. The van der Waals surface area contributed by atoms with Gasteiger partial charge in [0.15, 0.2) is 0 Å². The van der Waals surface area contributed by atoms with Crippen molar-refractivity contribution >= 4 is 28.7 Å². The first-order chi connectivity index (χ1) is 11.0. The van der Waals surface area contributed by atoms with E-state index < -0.39 is 0 Å². The number of thioether (sulfide) groups is 1. The highest BCUT2D eigenvalue weighted by Gasteiger charge is 2.25. The number of carbonyl (C=O) groups excluding carboxylic acids is 1. The van der Waals surface area contributed by atoms with Crippen LogP contribution in [0.3, 0.4) is 0 Å². The van der Waals surface area contributed by atoms with Gasteiger partial charge in [0.2, 0.25) is 5.91 Å². The smallest absolute Gasteiger partial charge is 0.233 e. The van der Waals surface area contributed by atoms with Crippen molar-refractivity contribution in [2.24, 2.45) is 11.8 Å². The van der Waals surface area contributed by atoms with E-state index >= 15 is 0 Å². The number of aromatic nitrogens is 2. The number of benzene rings is 1. The Hall–Kier alpha value is -1.62. The lowest BCUT2D eigenvalue weighted by molar-refractivity contribution is -0.130. The van der Waals surface area contributed by atoms with Gasteiger partial charge in [-0.1, -0.05) is 37.7 Å². The second-order valence-electron chi connectivity index (χ2n) is 6.64. The van der Waals surface area contributed by atoms with Crippen LogP contribution in [-0.4, -0.2) is 39.6 Å². The Morgan fingerprint density at radius 1 is 1.17 bits per heavy atom. The molecule has 1 aromatic heterocycles. The Labute approximate surface area is 141 Å². The van der Waals surface area contributed by atoms with E-state index in [4.69, 9.17) is 0 Å². The largest absolute Gasteiger partial charge is 0.341 e. The number of amides is 1. The number of fused-ring (bicyclic) bond motifs is 1. The maximum absolute atomic E-state index is 12.5. The topological polar surface area (TPSA) is 46.1 Å². The van der Waals surface area contributed by atoms with Crippen LogP contribution in [0.2, 0.25) is 0 Å². The molecule has 0 radical (unpaired) electrons.